The van der Waals surface area contributed by atoms with Gasteiger partial charge in [-0.25, -0.2) is 12.8 Å². The molecule has 0 amide bonds. The molecule has 0 heterocycles. The molecular weight excluding hydrogens is 279 g/mol. The monoisotopic (exact) mass is 294 g/mol. The molecule has 0 atom stereocenters. The molecule has 0 saturated heterocycles. The van der Waals surface area contributed by atoms with Crippen LogP contribution < -0.4 is 10.5 Å². The minimum Gasteiger partial charge on any atom is -0.326 e. The predicted octanol–water partition coefficient (Wildman–Crippen LogP) is 2.23. The standard InChI is InChI=1S/C14H15FN2O2S/c15-13-7-3-4-8-14(13)17-20(18,19)10-12-6-2-1-5-11(12)9-16/h1-8,17H,9-10,16H2. The Morgan fingerprint density at radius 1 is 1.00 bits per heavy atom. The minimum atomic E-state index is -3.69. The minimum absolute atomic E-state index is 0.0577. The van der Waals surface area contributed by atoms with Crippen molar-refractivity contribution < 1.29 is 12.8 Å². The molecule has 0 fully saturated rings. The van der Waals surface area contributed by atoms with Crippen molar-refractivity contribution in [2.45, 2.75) is 12.3 Å². The fourth-order valence-corrected chi connectivity index (χ4v) is 3.11. The van der Waals surface area contributed by atoms with Gasteiger partial charge in [0.1, 0.15) is 5.82 Å². The second-order valence-corrected chi connectivity index (χ2v) is 6.04. The van der Waals surface area contributed by atoms with Gasteiger partial charge < -0.3 is 5.73 Å². The van der Waals surface area contributed by atoms with Crippen molar-refractivity contribution in [3.05, 3.63) is 65.5 Å². The number of nitrogens with two attached hydrogens (primary N) is 1. The van der Waals surface area contributed by atoms with Crippen LogP contribution in [-0.2, 0) is 22.3 Å². The maximum absolute atomic E-state index is 13.5. The van der Waals surface area contributed by atoms with E-state index in [4.69, 9.17) is 5.73 Å². The zero-order chi connectivity index (χ0) is 14.6. The Balaban J connectivity index is 2.22. The molecule has 0 aliphatic heterocycles. The van der Waals surface area contributed by atoms with Crippen molar-refractivity contribution in [2.24, 2.45) is 5.73 Å². The molecule has 3 N–H and O–H groups in total. The van der Waals surface area contributed by atoms with Crippen LogP contribution in [0, 0.1) is 5.82 Å². The fraction of sp³-hybridized carbons (Fsp3) is 0.143. The molecule has 0 radical (unpaired) electrons. The van der Waals surface area contributed by atoms with E-state index in [2.05, 4.69) is 4.72 Å². The maximum Gasteiger partial charge on any atom is 0.237 e. The first-order valence-electron chi connectivity index (χ1n) is 6.04. The summed E-state index contributed by atoms with van der Waals surface area (Å²) in [5.41, 5.74) is 6.88. The van der Waals surface area contributed by atoms with E-state index in [1.165, 1.54) is 18.2 Å². The number of hydrogen-bond acceptors (Lipinski definition) is 3. The van der Waals surface area contributed by atoms with Gasteiger partial charge in [0, 0.05) is 6.54 Å². The number of rotatable bonds is 5. The molecule has 2 aromatic carbocycles. The zero-order valence-corrected chi connectivity index (χ0v) is 11.5. The summed E-state index contributed by atoms with van der Waals surface area (Å²) in [4.78, 5) is 0. The third kappa shape index (κ3) is 3.55. The first-order chi connectivity index (χ1) is 9.52. The van der Waals surface area contributed by atoms with Crippen molar-refractivity contribution in [2.75, 3.05) is 4.72 Å². The van der Waals surface area contributed by atoms with E-state index in [0.29, 0.717) is 5.56 Å². The topological polar surface area (TPSA) is 72.2 Å². The Hall–Kier alpha value is -1.92. The van der Waals surface area contributed by atoms with Crippen molar-refractivity contribution in [1.82, 2.24) is 0 Å². The molecule has 0 saturated carbocycles. The van der Waals surface area contributed by atoms with E-state index >= 15 is 0 Å². The van der Waals surface area contributed by atoms with Crippen LogP contribution >= 0.6 is 0 Å². The molecular formula is C14H15FN2O2S. The zero-order valence-electron chi connectivity index (χ0n) is 10.7. The van der Waals surface area contributed by atoms with E-state index in [0.717, 1.165) is 5.56 Å². The van der Waals surface area contributed by atoms with Crippen LogP contribution in [0.2, 0.25) is 0 Å². The number of sulfonamides is 1. The SMILES string of the molecule is NCc1ccccc1CS(=O)(=O)Nc1ccccc1F. The molecule has 0 bridgehead atoms. The number of hydrogen-bond donors (Lipinski definition) is 2. The van der Waals surface area contributed by atoms with Gasteiger partial charge in [0.2, 0.25) is 10.0 Å². The number of para-hydroxylation sites is 1. The highest BCUT2D eigenvalue weighted by molar-refractivity contribution is 7.91. The predicted molar refractivity (Wildman–Crippen MR) is 77.0 cm³/mol. The second-order valence-electron chi connectivity index (χ2n) is 4.31. The van der Waals surface area contributed by atoms with Crippen LogP contribution in [0.25, 0.3) is 0 Å². The number of benzene rings is 2. The molecule has 0 unspecified atom stereocenters. The molecule has 2 rings (SSSR count). The molecule has 2 aromatic rings. The molecule has 20 heavy (non-hydrogen) atoms. The summed E-state index contributed by atoms with van der Waals surface area (Å²) in [7, 11) is -3.69. The first kappa shape index (κ1) is 14.5. The fourth-order valence-electron chi connectivity index (χ4n) is 1.85. The lowest BCUT2D eigenvalue weighted by Gasteiger charge is -2.11. The van der Waals surface area contributed by atoms with Crippen molar-refractivity contribution in [1.29, 1.82) is 0 Å². The average molecular weight is 294 g/mol. The normalized spacial score (nSPS) is 11.3. The Kier molecular flexibility index (Phi) is 4.36. The molecule has 0 aliphatic carbocycles. The Labute approximate surface area is 117 Å². The van der Waals surface area contributed by atoms with Crippen LogP contribution in [-0.4, -0.2) is 8.42 Å². The van der Waals surface area contributed by atoms with Gasteiger partial charge in [-0.05, 0) is 23.3 Å². The van der Waals surface area contributed by atoms with Crippen LogP contribution in [0.3, 0.4) is 0 Å². The molecule has 106 valence electrons. The van der Waals surface area contributed by atoms with Gasteiger partial charge in [-0.3, -0.25) is 4.72 Å². The quantitative estimate of drug-likeness (QED) is 0.888. The van der Waals surface area contributed by atoms with Crippen LogP contribution in [0.5, 0.6) is 0 Å². The third-order valence-electron chi connectivity index (χ3n) is 2.82. The summed E-state index contributed by atoms with van der Waals surface area (Å²) in [6.07, 6.45) is 0. The highest BCUT2D eigenvalue weighted by Gasteiger charge is 2.15. The number of anilines is 1. The third-order valence-corrected chi connectivity index (χ3v) is 4.05. The van der Waals surface area contributed by atoms with Gasteiger partial charge >= 0.3 is 0 Å². The van der Waals surface area contributed by atoms with E-state index < -0.39 is 15.8 Å². The van der Waals surface area contributed by atoms with Crippen molar-refractivity contribution in [3.63, 3.8) is 0 Å². The summed E-state index contributed by atoms with van der Waals surface area (Å²) in [6, 6.07) is 12.6. The van der Waals surface area contributed by atoms with Gasteiger partial charge in [0.15, 0.2) is 0 Å². The van der Waals surface area contributed by atoms with Gasteiger partial charge in [-0.1, -0.05) is 36.4 Å². The Morgan fingerprint density at radius 2 is 1.60 bits per heavy atom. The molecule has 0 aromatic heterocycles. The summed E-state index contributed by atoms with van der Waals surface area (Å²) >= 11 is 0. The van der Waals surface area contributed by atoms with Crippen LogP contribution in [0.4, 0.5) is 10.1 Å². The van der Waals surface area contributed by atoms with Crippen LogP contribution in [0.15, 0.2) is 48.5 Å². The van der Waals surface area contributed by atoms with Gasteiger partial charge in [-0.2, -0.15) is 0 Å². The smallest absolute Gasteiger partial charge is 0.237 e. The lowest BCUT2D eigenvalue weighted by molar-refractivity contribution is 0.597. The van der Waals surface area contributed by atoms with Gasteiger partial charge in [0.25, 0.3) is 0 Å². The lowest BCUT2D eigenvalue weighted by Crippen LogP contribution is -2.17. The van der Waals surface area contributed by atoms with E-state index in [1.54, 1.807) is 30.3 Å². The summed E-state index contributed by atoms with van der Waals surface area (Å²) in [5.74, 6) is -0.850. The summed E-state index contributed by atoms with van der Waals surface area (Å²) in [5, 5.41) is 0. The first-order valence-corrected chi connectivity index (χ1v) is 7.69. The largest absolute Gasteiger partial charge is 0.326 e. The van der Waals surface area contributed by atoms with E-state index in [-0.39, 0.29) is 18.0 Å². The summed E-state index contributed by atoms with van der Waals surface area (Å²) < 4.78 is 39.8. The molecule has 0 spiro atoms. The van der Waals surface area contributed by atoms with Gasteiger partial charge in [-0.15, -0.1) is 0 Å². The highest BCUT2D eigenvalue weighted by atomic mass is 32.2. The van der Waals surface area contributed by atoms with E-state index in [1.807, 2.05) is 0 Å². The Bertz CT molecular complexity index is 702. The van der Waals surface area contributed by atoms with E-state index in [9.17, 15) is 12.8 Å². The van der Waals surface area contributed by atoms with Gasteiger partial charge in [0.05, 0.1) is 11.4 Å². The van der Waals surface area contributed by atoms with Crippen molar-refractivity contribution in [3.8, 4) is 0 Å². The molecule has 6 heteroatoms. The maximum atomic E-state index is 13.5. The summed E-state index contributed by atoms with van der Waals surface area (Å²) in [6.45, 7) is 0.255. The number of nitrogens with one attached hydrogen (secondary N) is 1. The Morgan fingerprint density at radius 3 is 2.25 bits per heavy atom. The van der Waals surface area contributed by atoms with Crippen molar-refractivity contribution >= 4 is 15.7 Å². The highest BCUT2D eigenvalue weighted by Crippen LogP contribution is 2.17. The van der Waals surface area contributed by atoms with Crippen LogP contribution in [0.1, 0.15) is 11.1 Å². The number of halogens is 1. The average Bonchev–Trinajstić information content (AvgIpc) is 2.41. The second kappa shape index (κ2) is 6.02. The molecule has 0 aliphatic rings. The lowest BCUT2D eigenvalue weighted by atomic mass is 10.1. The molecule has 4 nitrogen and oxygen atoms in total.